The lowest BCUT2D eigenvalue weighted by atomic mass is 9.88. The summed E-state index contributed by atoms with van der Waals surface area (Å²) in [6, 6.07) is 2.82. The summed E-state index contributed by atoms with van der Waals surface area (Å²) >= 11 is 5.64. The van der Waals surface area contributed by atoms with Crippen LogP contribution in [0.3, 0.4) is 0 Å². The summed E-state index contributed by atoms with van der Waals surface area (Å²) in [5.74, 6) is -0.806. The zero-order chi connectivity index (χ0) is 16.0. The van der Waals surface area contributed by atoms with Gasteiger partial charge in [-0.05, 0) is 30.4 Å². The Morgan fingerprint density at radius 1 is 1.48 bits per heavy atom. The quantitative estimate of drug-likeness (QED) is 0.475. The van der Waals surface area contributed by atoms with Crippen molar-refractivity contribution in [2.75, 3.05) is 12.4 Å². The van der Waals surface area contributed by atoms with Gasteiger partial charge < -0.3 is 5.32 Å². The molecule has 0 saturated heterocycles. The van der Waals surface area contributed by atoms with E-state index in [1.165, 1.54) is 0 Å². The molecule has 0 radical (unpaired) electrons. The highest BCUT2D eigenvalue weighted by Crippen LogP contribution is 2.23. The highest BCUT2D eigenvalue weighted by atomic mass is 35.5. The van der Waals surface area contributed by atoms with Crippen LogP contribution in [0.15, 0.2) is 18.2 Å². The SMILES string of the molecule is CC(C)(CCCCl)CNC(=O)c1cc(F)ccc1[N+](=O)[O-]. The van der Waals surface area contributed by atoms with Gasteiger partial charge in [-0.3, -0.25) is 14.9 Å². The number of halogens is 2. The van der Waals surface area contributed by atoms with Crippen LogP contribution in [0.2, 0.25) is 0 Å². The van der Waals surface area contributed by atoms with Crippen molar-refractivity contribution in [2.24, 2.45) is 5.41 Å². The smallest absolute Gasteiger partial charge is 0.282 e. The lowest BCUT2D eigenvalue weighted by molar-refractivity contribution is -0.385. The number of alkyl halides is 1. The number of nitrogens with zero attached hydrogens (tertiary/aromatic N) is 1. The number of rotatable bonds is 7. The first-order chi connectivity index (χ1) is 9.76. The molecule has 7 heteroatoms. The molecule has 0 aromatic heterocycles. The number of nitro groups is 1. The minimum atomic E-state index is -0.701. The van der Waals surface area contributed by atoms with Crippen LogP contribution in [0.4, 0.5) is 10.1 Å². The van der Waals surface area contributed by atoms with E-state index in [0.717, 1.165) is 31.0 Å². The molecule has 5 nitrogen and oxygen atoms in total. The van der Waals surface area contributed by atoms with Crippen molar-refractivity contribution < 1.29 is 14.1 Å². The van der Waals surface area contributed by atoms with Gasteiger partial charge >= 0.3 is 0 Å². The average Bonchev–Trinajstić information content (AvgIpc) is 2.42. The topological polar surface area (TPSA) is 72.2 Å². The molecule has 0 unspecified atom stereocenters. The van der Waals surface area contributed by atoms with Crippen LogP contribution in [-0.4, -0.2) is 23.3 Å². The first-order valence-corrected chi connectivity index (χ1v) is 7.08. The molecular formula is C14H18ClFN2O3. The van der Waals surface area contributed by atoms with Crippen LogP contribution in [-0.2, 0) is 0 Å². The summed E-state index contributed by atoms with van der Waals surface area (Å²) < 4.78 is 13.2. The fourth-order valence-corrected chi connectivity index (χ4v) is 2.03. The number of nitrogens with one attached hydrogen (secondary N) is 1. The molecule has 0 aliphatic heterocycles. The number of benzene rings is 1. The molecule has 0 spiro atoms. The maximum Gasteiger partial charge on any atom is 0.282 e. The monoisotopic (exact) mass is 316 g/mol. The Hall–Kier alpha value is -1.69. The summed E-state index contributed by atoms with van der Waals surface area (Å²) in [5.41, 5.74) is -0.868. The second kappa shape index (κ2) is 7.36. The van der Waals surface area contributed by atoms with Gasteiger partial charge in [0.05, 0.1) is 4.92 Å². The first-order valence-electron chi connectivity index (χ1n) is 6.55. The van der Waals surface area contributed by atoms with E-state index in [0.29, 0.717) is 12.4 Å². The summed E-state index contributed by atoms with van der Waals surface area (Å²) in [4.78, 5) is 22.2. The van der Waals surface area contributed by atoms with E-state index < -0.39 is 22.3 Å². The molecule has 0 heterocycles. The van der Waals surface area contributed by atoms with Crippen molar-refractivity contribution in [3.8, 4) is 0 Å². The Kier molecular flexibility index (Phi) is 6.08. The van der Waals surface area contributed by atoms with Gasteiger partial charge in [-0.1, -0.05) is 13.8 Å². The molecule has 1 rings (SSSR count). The van der Waals surface area contributed by atoms with Crippen molar-refractivity contribution in [2.45, 2.75) is 26.7 Å². The van der Waals surface area contributed by atoms with Crippen LogP contribution in [0, 0.1) is 21.3 Å². The maximum atomic E-state index is 13.2. The van der Waals surface area contributed by atoms with E-state index in [1.807, 2.05) is 13.8 Å². The molecular weight excluding hydrogens is 299 g/mol. The molecule has 0 saturated carbocycles. The Bertz CT molecular complexity index is 535. The van der Waals surface area contributed by atoms with Crippen LogP contribution in [0.5, 0.6) is 0 Å². The zero-order valence-corrected chi connectivity index (χ0v) is 12.7. The molecule has 0 aliphatic carbocycles. The number of nitro benzene ring substituents is 1. The molecule has 1 aromatic carbocycles. The molecule has 0 fully saturated rings. The van der Waals surface area contributed by atoms with E-state index in [1.54, 1.807) is 0 Å². The first kappa shape index (κ1) is 17.4. The Morgan fingerprint density at radius 2 is 2.14 bits per heavy atom. The van der Waals surface area contributed by atoms with Crippen molar-refractivity contribution in [1.82, 2.24) is 5.32 Å². The van der Waals surface area contributed by atoms with E-state index in [-0.39, 0.29) is 11.0 Å². The lowest BCUT2D eigenvalue weighted by Gasteiger charge is -2.24. The number of amides is 1. The molecule has 0 bridgehead atoms. The lowest BCUT2D eigenvalue weighted by Crippen LogP contribution is -2.34. The van der Waals surface area contributed by atoms with E-state index in [9.17, 15) is 19.3 Å². The molecule has 0 aliphatic rings. The third-order valence-electron chi connectivity index (χ3n) is 3.11. The largest absolute Gasteiger partial charge is 0.351 e. The Morgan fingerprint density at radius 3 is 2.71 bits per heavy atom. The number of carbonyl (C=O) groups is 1. The van der Waals surface area contributed by atoms with Crippen molar-refractivity contribution in [1.29, 1.82) is 0 Å². The molecule has 0 atom stereocenters. The van der Waals surface area contributed by atoms with Gasteiger partial charge in [0.1, 0.15) is 11.4 Å². The second-order valence-corrected chi connectivity index (χ2v) is 5.94. The van der Waals surface area contributed by atoms with Crippen molar-refractivity contribution >= 4 is 23.2 Å². The van der Waals surface area contributed by atoms with E-state index in [2.05, 4.69) is 5.32 Å². The summed E-state index contributed by atoms with van der Waals surface area (Å²) in [5, 5.41) is 13.5. The minimum absolute atomic E-state index is 0.188. The van der Waals surface area contributed by atoms with Gasteiger partial charge in [-0.2, -0.15) is 0 Å². The number of carbonyl (C=O) groups excluding carboxylic acids is 1. The van der Waals surface area contributed by atoms with Crippen LogP contribution >= 0.6 is 11.6 Å². The number of hydrogen-bond donors (Lipinski definition) is 1. The van der Waals surface area contributed by atoms with Crippen molar-refractivity contribution in [3.63, 3.8) is 0 Å². The van der Waals surface area contributed by atoms with Gasteiger partial charge in [0.2, 0.25) is 0 Å². The Labute approximate surface area is 127 Å². The minimum Gasteiger partial charge on any atom is -0.351 e. The molecule has 1 amide bonds. The summed E-state index contributed by atoms with van der Waals surface area (Å²) in [6.45, 7) is 4.25. The van der Waals surface area contributed by atoms with Gasteiger partial charge in [0.25, 0.3) is 11.6 Å². The fraction of sp³-hybridized carbons (Fsp3) is 0.500. The maximum absolute atomic E-state index is 13.2. The predicted molar refractivity (Wildman–Crippen MR) is 79.1 cm³/mol. The molecule has 1 N–H and O–H groups in total. The zero-order valence-electron chi connectivity index (χ0n) is 12.0. The number of hydrogen-bond acceptors (Lipinski definition) is 3. The summed E-state index contributed by atoms with van der Waals surface area (Å²) in [6.07, 6.45) is 1.62. The molecule has 1 aromatic rings. The standard InChI is InChI=1S/C14H18ClFN2O3/c1-14(2,6-3-7-15)9-17-13(19)11-8-10(16)4-5-12(11)18(20)21/h4-5,8H,3,6-7,9H2,1-2H3,(H,17,19). The average molecular weight is 317 g/mol. The molecule has 116 valence electrons. The summed E-state index contributed by atoms with van der Waals surface area (Å²) in [7, 11) is 0. The predicted octanol–water partition coefficient (Wildman–Crippen LogP) is 3.51. The second-order valence-electron chi connectivity index (χ2n) is 5.56. The fourth-order valence-electron chi connectivity index (χ4n) is 1.90. The van der Waals surface area contributed by atoms with Crippen LogP contribution < -0.4 is 5.32 Å². The third-order valence-corrected chi connectivity index (χ3v) is 3.38. The Balaban J connectivity index is 2.80. The van der Waals surface area contributed by atoms with Crippen LogP contribution in [0.25, 0.3) is 0 Å². The van der Waals surface area contributed by atoms with Crippen molar-refractivity contribution in [3.05, 3.63) is 39.7 Å². The van der Waals surface area contributed by atoms with Gasteiger partial charge in [-0.15, -0.1) is 11.6 Å². The third kappa shape index (κ3) is 5.30. The van der Waals surface area contributed by atoms with Gasteiger partial charge in [-0.25, -0.2) is 4.39 Å². The van der Waals surface area contributed by atoms with Crippen LogP contribution in [0.1, 0.15) is 37.0 Å². The van der Waals surface area contributed by atoms with E-state index >= 15 is 0 Å². The van der Waals surface area contributed by atoms with Gasteiger partial charge in [0, 0.05) is 18.5 Å². The molecule has 21 heavy (non-hydrogen) atoms. The van der Waals surface area contributed by atoms with E-state index in [4.69, 9.17) is 11.6 Å². The highest BCUT2D eigenvalue weighted by molar-refractivity contribution is 6.17. The van der Waals surface area contributed by atoms with Gasteiger partial charge in [0.15, 0.2) is 0 Å². The highest BCUT2D eigenvalue weighted by Gasteiger charge is 2.23. The normalized spacial score (nSPS) is 11.2.